The first-order valence-corrected chi connectivity index (χ1v) is 7.39. The van der Waals surface area contributed by atoms with E-state index in [2.05, 4.69) is 0 Å². The summed E-state index contributed by atoms with van der Waals surface area (Å²) in [5, 5.41) is 19.0. The van der Waals surface area contributed by atoms with Crippen molar-refractivity contribution >= 4 is 11.9 Å². The molecule has 118 valence electrons. The van der Waals surface area contributed by atoms with Gasteiger partial charge >= 0.3 is 5.97 Å². The Kier molecular flexibility index (Phi) is 3.88. The van der Waals surface area contributed by atoms with Crippen LogP contribution in [-0.2, 0) is 11.3 Å². The van der Waals surface area contributed by atoms with Gasteiger partial charge in [-0.05, 0) is 35.7 Å². The number of carboxylic acids is 1. The smallest absolute Gasteiger partial charge is 0.329 e. The lowest BCUT2D eigenvalue weighted by molar-refractivity contribution is -0.146. The summed E-state index contributed by atoms with van der Waals surface area (Å²) in [6.07, 6.45) is -1.14. The Morgan fingerprint density at radius 1 is 1.13 bits per heavy atom. The first-order valence-electron chi connectivity index (χ1n) is 7.39. The maximum Gasteiger partial charge on any atom is 0.329 e. The van der Waals surface area contributed by atoms with Crippen molar-refractivity contribution in [3.8, 4) is 11.1 Å². The number of nitrogens with zero attached hydrogens (tertiary/aromatic N) is 1. The predicted octanol–water partition coefficient (Wildman–Crippen LogP) is 2.14. The summed E-state index contributed by atoms with van der Waals surface area (Å²) in [4.78, 5) is 25.0. The molecule has 0 unspecified atom stereocenters. The third-order valence-electron chi connectivity index (χ3n) is 4.09. The Hall–Kier alpha value is -2.66. The highest BCUT2D eigenvalue weighted by Crippen LogP contribution is 2.30. The maximum atomic E-state index is 12.4. The number of rotatable bonds is 4. The molecule has 0 radical (unpaired) electrons. The van der Waals surface area contributed by atoms with Crippen molar-refractivity contribution in [3.63, 3.8) is 0 Å². The van der Waals surface area contributed by atoms with Crippen LogP contribution in [0.4, 0.5) is 0 Å². The quantitative estimate of drug-likeness (QED) is 0.907. The fourth-order valence-corrected chi connectivity index (χ4v) is 2.98. The fourth-order valence-electron chi connectivity index (χ4n) is 2.98. The SMILES string of the molecule is C[C@@H](O)[C@@H](C(=O)O)N1Cc2cc(-c3ccccc3)ccc2C1=O. The van der Waals surface area contributed by atoms with Crippen LogP contribution in [0.3, 0.4) is 0 Å². The van der Waals surface area contributed by atoms with Gasteiger partial charge in [-0.1, -0.05) is 36.4 Å². The van der Waals surface area contributed by atoms with E-state index >= 15 is 0 Å². The van der Waals surface area contributed by atoms with E-state index in [0.717, 1.165) is 16.7 Å². The molecule has 0 bridgehead atoms. The average Bonchev–Trinajstić information content (AvgIpc) is 2.84. The zero-order chi connectivity index (χ0) is 16.6. The van der Waals surface area contributed by atoms with Gasteiger partial charge < -0.3 is 15.1 Å². The van der Waals surface area contributed by atoms with Gasteiger partial charge in [0, 0.05) is 12.1 Å². The van der Waals surface area contributed by atoms with Crippen molar-refractivity contribution in [2.45, 2.75) is 25.6 Å². The molecule has 1 aliphatic heterocycles. The standard InChI is InChI=1S/C18H17NO4/c1-11(20)16(18(22)23)19-10-14-9-13(7-8-15(14)17(19)21)12-5-3-2-4-6-12/h2-9,11,16,20H,10H2,1H3,(H,22,23)/t11-,16+/m1/s1. The summed E-state index contributed by atoms with van der Waals surface area (Å²) in [6.45, 7) is 1.57. The van der Waals surface area contributed by atoms with Crippen LogP contribution >= 0.6 is 0 Å². The number of aliphatic hydroxyl groups excluding tert-OH is 1. The molecule has 0 saturated carbocycles. The van der Waals surface area contributed by atoms with Crippen LogP contribution in [-0.4, -0.2) is 39.1 Å². The van der Waals surface area contributed by atoms with Crippen molar-refractivity contribution in [3.05, 3.63) is 59.7 Å². The number of fused-ring (bicyclic) bond motifs is 1. The Morgan fingerprint density at radius 3 is 2.43 bits per heavy atom. The van der Waals surface area contributed by atoms with Crippen LogP contribution in [0.5, 0.6) is 0 Å². The van der Waals surface area contributed by atoms with Gasteiger partial charge in [-0.25, -0.2) is 4.79 Å². The van der Waals surface area contributed by atoms with E-state index in [4.69, 9.17) is 0 Å². The average molecular weight is 311 g/mol. The van der Waals surface area contributed by atoms with E-state index in [1.807, 2.05) is 42.5 Å². The van der Waals surface area contributed by atoms with Crippen LogP contribution in [0, 0.1) is 0 Å². The van der Waals surface area contributed by atoms with E-state index in [1.54, 1.807) is 6.07 Å². The maximum absolute atomic E-state index is 12.4. The van der Waals surface area contributed by atoms with E-state index in [9.17, 15) is 19.8 Å². The summed E-state index contributed by atoms with van der Waals surface area (Å²) < 4.78 is 0. The van der Waals surface area contributed by atoms with Crippen LogP contribution in [0.25, 0.3) is 11.1 Å². The topological polar surface area (TPSA) is 77.8 Å². The van der Waals surface area contributed by atoms with Crippen molar-refractivity contribution in [1.82, 2.24) is 4.90 Å². The Labute approximate surface area is 133 Å². The molecule has 3 rings (SSSR count). The Bertz CT molecular complexity index is 755. The molecule has 5 heteroatoms. The largest absolute Gasteiger partial charge is 0.480 e. The molecule has 23 heavy (non-hydrogen) atoms. The number of carbonyl (C=O) groups excluding carboxylic acids is 1. The van der Waals surface area contributed by atoms with E-state index in [1.165, 1.54) is 11.8 Å². The number of aliphatic carboxylic acids is 1. The first kappa shape index (κ1) is 15.2. The molecular formula is C18H17NO4. The molecule has 0 fully saturated rings. The molecule has 0 spiro atoms. The van der Waals surface area contributed by atoms with Crippen LogP contribution in [0.2, 0.25) is 0 Å². The Morgan fingerprint density at radius 2 is 1.83 bits per heavy atom. The second kappa shape index (κ2) is 5.85. The first-order chi connectivity index (χ1) is 11.0. The molecule has 1 amide bonds. The van der Waals surface area contributed by atoms with E-state index in [-0.39, 0.29) is 12.5 Å². The molecule has 1 heterocycles. The molecule has 0 aliphatic carbocycles. The number of benzene rings is 2. The van der Waals surface area contributed by atoms with Gasteiger partial charge in [-0.3, -0.25) is 4.79 Å². The molecule has 1 aliphatic rings. The molecule has 2 aromatic rings. The molecule has 0 aromatic heterocycles. The van der Waals surface area contributed by atoms with Crippen LogP contribution < -0.4 is 0 Å². The third kappa shape index (κ3) is 2.71. The lowest BCUT2D eigenvalue weighted by atomic mass is 10.0. The fraction of sp³-hybridized carbons (Fsp3) is 0.222. The summed E-state index contributed by atoms with van der Waals surface area (Å²) in [6, 6.07) is 14.0. The van der Waals surface area contributed by atoms with E-state index < -0.39 is 18.1 Å². The lowest BCUT2D eigenvalue weighted by Crippen LogP contribution is -2.48. The minimum Gasteiger partial charge on any atom is -0.480 e. The molecular weight excluding hydrogens is 294 g/mol. The molecule has 2 aromatic carbocycles. The summed E-state index contributed by atoms with van der Waals surface area (Å²) in [5.74, 6) is -1.56. The van der Waals surface area contributed by atoms with Gasteiger partial charge in [0.05, 0.1) is 6.10 Å². The monoisotopic (exact) mass is 311 g/mol. The summed E-state index contributed by atoms with van der Waals surface area (Å²) in [5.41, 5.74) is 3.29. The number of aliphatic hydroxyl groups is 1. The van der Waals surface area contributed by atoms with E-state index in [0.29, 0.717) is 5.56 Å². The molecule has 5 nitrogen and oxygen atoms in total. The second-order valence-electron chi connectivity index (χ2n) is 5.69. The highest BCUT2D eigenvalue weighted by molar-refractivity contribution is 6.01. The summed E-state index contributed by atoms with van der Waals surface area (Å²) >= 11 is 0. The zero-order valence-corrected chi connectivity index (χ0v) is 12.6. The van der Waals surface area contributed by atoms with Crippen molar-refractivity contribution in [2.75, 3.05) is 0 Å². The van der Waals surface area contributed by atoms with Crippen molar-refractivity contribution < 1.29 is 19.8 Å². The van der Waals surface area contributed by atoms with Gasteiger partial charge in [0.1, 0.15) is 0 Å². The molecule has 2 atom stereocenters. The molecule has 0 saturated heterocycles. The molecule has 2 N–H and O–H groups in total. The normalized spacial score (nSPS) is 16.1. The number of carbonyl (C=O) groups is 2. The minimum absolute atomic E-state index is 0.191. The highest BCUT2D eigenvalue weighted by Gasteiger charge is 2.39. The minimum atomic E-state index is -1.24. The lowest BCUT2D eigenvalue weighted by Gasteiger charge is -2.26. The van der Waals surface area contributed by atoms with Gasteiger partial charge in [-0.2, -0.15) is 0 Å². The number of amides is 1. The van der Waals surface area contributed by atoms with Crippen LogP contribution in [0.1, 0.15) is 22.8 Å². The van der Waals surface area contributed by atoms with Gasteiger partial charge in [-0.15, -0.1) is 0 Å². The Balaban J connectivity index is 1.95. The van der Waals surface area contributed by atoms with Gasteiger partial charge in [0.2, 0.25) is 0 Å². The third-order valence-corrected chi connectivity index (χ3v) is 4.09. The zero-order valence-electron chi connectivity index (χ0n) is 12.6. The van der Waals surface area contributed by atoms with Crippen LogP contribution in [0.15, 0.2) is 48.5 Å². The second-order valence-corrected chi connectivity index (χ2v) is 5.69. The number of carboxylic acid groups (broad SMARTS) is 1. The van der Waals surface area contributed by atoms with Crippen molar-refractivity contribution in [1.29, 1.82) is 0 Å². The highest BCUT2D eigenvalue weighted by atomic mass is 16.4. The number of hydrogen-bond acceptors (Lipinski definition) is 3. The van der Waals surface area contributed by atoms with Gasteiger partial charge in [0.15, 0.2) is 6.04 Å². The summed E-state index contributed by atoms with van der Waals surface area (Å²) in [7, 11) is 0. The van der Waals surface area contributed by atoms with Gasteiger partial charge in [0.25, 0.3) is 5.91 Å². The number of hydrogen-bond donors (Lipinski definition) is 2. The van der Waals surface area contributed by atoms with Crippen molar-refractivity contribution in [2.24, 2.45) is 0 Å². The predicted molar refractivity (Wildman–Crippen MR) is 84.9 cm³/mol.